The van der Waals surface area contributed by atoms with Gasteiger partial charge in [0.1, 0.15) is 11.6 Å². The van der Waals surface area contributed by atoms with Crippen molar-refractivity contribution in [3.05, 3.63) is 28.8 Å². The number of hydrogen-bond acceptors (Lipinski definition) is 4. The van der Waals surface area contributed by atoms with Gasteiger partial charge in [0.2, 0.25) is 0 Å². The van der Waals surface area contributed by atoms with E-state index in [1.54, 1.807) is 0 Å². The van der Waals surface area contributed by atoms with Crippen molar-refractivity contribution in [2.45, 2.75) is 83.6 Å². The SMILES string of the molecule is Cc1cc2c3c(c(NC4CCCCC4)nc2cc1OCCCN1CCCC1)CCC3. The van der Waals surface area contributed by atoms with E-state index in [2.05, 4.69) is 29.3 Å². The molecule has 3 aliphatic rings. The molecule has 5 rings (SSSR count). The van der Waals surface area contributed by atoms with Crippen molar-refractivity contribution in [2.24, 2.45) is 0 Å². The highest BCUT2D eigenvalue weighted by atomic mass is 16.5. The first-order valence-electron chi connectivity index (χ1n) is 12.4. The molecule has 2 aromatic rings. The smallest absolute Gasteiger partial charge is 0.130 e. The van der Waals surface area contributed by atoms with Crippen LogP contribution in [0.15, 0.2) is 12.1 Å². The summed E-state index contributed by atoms with van der Waals surface area (Å²) < 4.78 is 6.23. The molecule has 0 bridgehead atoms. The summed E-state index contributed by atoms with van der Waals surface area (Å²) in [6, 6.07) is 5.12. The number of aryl methyl sites for hydroxylation is 2. The average molecular weight is 408 g/mol. The van der Waals surface area contributed by atoms with Crippen molar-refractivity contribution in [3.63, 3.8) is 0 Å². The fourth-order valence-corrected chi connectivity index (χ4v) is 5.69. The second-order valence-electron chi connectivity index (χ2n) is 9.64. The first-order chi connectivity index (χ1) is 14.8. The van der Waals surface area contributed by atoms with Crippen LogP contribution in [-0.4, -0.2) is 42.2 Å². The Kier molecular flexibility index (Phi) is 6.12. The molecule has 1 saturated carbocycles. The summed E-state index contributed by atoms with van der Waals surface area (Å²) >= 11 is 0. The monoisotopic (exact) mass is 407 g/mol. The summed E-state index contributed by atoms with van der Waals surface area (Å²) in [5, 5.41) is 5.18. The van der Waals surface area contributed by atoms with E-state index in [-0.39, 0.29) is 0 Å². The minimum atomic E-state index is 0.597. The molecular formula is C26H37N3O. The van der Waals surface area contributed by atoms with Crippen LogP contribution in [0.4, 0.5) is 5.82 Å². The van der Waals surface area contributed by atoms with E-state index >= 15 is 0 Å². The van der Waals surface area contributed by atoms with Crippen molar-refractivity contribution >= 4 is 16.7 Å². The summed E-state index contributed by atoms with van der Waals surface area (Å²) in [6.45, 7) is 6.67. The molecule has 1 aliphatic heterocycles. The zero-order chi connectivity index (χ0) is 20.3. The van der Waals surface area contributed by atoms with Gasteiger partial charge in [-0.1, -0.05) is 19.3 Å². The lowest BCUT2D eigenvalue weighted by Crippen LogP contribution is -2.23. The van der Waals surface area contributed by atoms with E-state index in [0.717, 1.165) is 36.7 Å². The largest absolute Gasteiger partial charge is 0.493 e. The van der Waals surface area contributed by atoms with Crippen molar-refractivity contribution in [1.82, 2.24) is 9.88 Å². The van der Waals surface area contributed by atoms with E-state index in [1.165, 1.54) is 99.4 Å². The van der Waals surface area contributed by atoms with Gasteiger partial charge in [0.05, 0.1) is 12.1 Å². The molecule has 1 aromatic carbocycles. The maximum Gasteiger partial charge on any atom is 0.130 e. The molecule has 0 amide bonds. The van der Waals surface area contributed by atoms with Gasteiger partial charge < -0.3 is 15.0 Å². The van der Waals surface area contributed by atoms with Crippen LogP contribution in [0.2, 0.25) is 0 Å². The predicted molar refractivity (Wildman–Crippen MR) is 125 cm³/mol. The highest BCUT2D eigenvalue weighted by Crippen LogP contribution is 2.37. The number of hydrogen-bond donors (Lipinski definition) is 1. The van der Waals surface area contributed by atoms with E-state index in [4.69, 9.17) is 9.72 Å². The molecule has 4 heteroatoms. The number of fused-ring (bicyclic) bond motifs is 3. The third-order valence-electron chi connectivity index (χ3n) is 7.38. The maximum atomic E-state index is 6.23. The fourth-order valence-electron chi connectivity index (χ4n) is 5.69. The quantitative estimate of drug-likeness (QED) is 0.603. The molecule has 2 heterocycles. The Morgan fingerprint density at radius 2 is 1.80 bits per heavy atom. The van der Waals surface area contributed by atoms with Crippen LogP contribution >= 0.6 is 0 Å². The molecule has 2 fully saturated rings. The molecule has 0 spiro atoms. The van der Waals surface area contributed by atoms with Crippen molar-refractivity contribution in [3.8, 4) is 5.75 Å². The molecule has 30 heavy (non-hydrogen) atoms. The fraction of sp³-hybridized carbons (Fsp3) is 0.654. The van der Waals surface area contributed by atoms with Crippen LogP contribution in [0.3, 0.4) is 0 Å². The molecule has 2 aliphatic carbocycles. The average Bonchev–Trinajstić information content (AvgIpc) is 3.45. The van der Waals surface area contributed by atoms with E-state index in [1.807, 2.05) is 0 Å². The first kappa shape index (κ1) is 20.1. The molecule has 1 saturated heterocycles. The third kappa shape index (κ3) is 4.30. The van der Waals surface area contributed by atoms with Crippen LogP contribution in [0, 0.1) is 6.92 Å². The lowest BCUT2D eigenvalue weighted by molar-refractivity contribution is 0.262. The van der Waals surface area contributed by atoms with Gasteiger partial charge >= 0.3 is 0 Å². The zero-order valence-electron chi connectivity index (χ0n) is 18.6. The number of likely N-dealkylation sites (tertiary alicyclic amines) is 1. The van der Waals surface area contributed by atoms with Crippen molar-refractivity contribution in [2.75, 3.05) is 31.6 Å². The summed E-state index contributed by atoms with van der Waals surface area (Å²) in [7, 11) is 0. The highest BCUT2D eigenvalue weighted by Gasteiger charge is 2.23. The second kappa shape index (κ2) is 9.13. The van der Waals surface area contributed by atoms with Crippen molar-refractivity contribution in [1.29, 1.82) is 0 Å². The summed E-state index contributed by atoms with van der Waals surface area (Å²) in [6.07, 6.45) is 14.1. The Hall–Kier alpha value is -1.81. The standard InChI is InChI=1S/C26H37N3O/c1-19-17-23-21-11-7-12-22(21)26(27-20-9-3-2-4-10-20)28-24(23)18-25(19)30-16-8-15-29-13-5-6-14-29/h17-18,20H,2-16H2,1H3,(H,27,28). The van der Waals surface area contributed by atoms with Gasteiger partial charge in [-0.25, -0.2) is 4.98 Å². The van der Waals surface area contributed by atoms with Crippen LogP contribution in [0.5, 0.6) is 5.75 Å². The molecule has 0 atom stereocenters. The van der Waals surface area contributed by atoms with Gasteiger partial charge in [-0.15, -0.1) is 0 Å². The lowest BCUT2D eigenvalue weighted by Gasteiger charge is -2.25. The number of aromatic nitrogens is 1. The van der Waals surface area contributed by atoms with Gasteiger partial charge in [0.15, 0.2) is 0 Å². The van der Waals surface area contributed by atoms with Crippen molar-refractivity contribution < 1.29 is 4.74 Å². The van der Waals surface area contributed by atoms with Crippen LogP contribution in [-0.2, 0) is 12.8 Å². The Morgan fingerprint density at radius 1 is 1.00 bits per heavy atom. The molecular weight excluding hydrogens is 370 g/mol. The third-order valence-corrected chi connectivity index (χ3v) is 7.38. The normalized spacial score (nSPS) is 20.0. The summed E-state index contributed by atoms with van der Waals surface area (Å²) in [4.78, 5) is 7.69. The first-order valence-corrected chi connectivity index (χ1v) is 12.4. The molecule has 0 unspecified atom stereocenters. The minimum Gasteiger partial charge on any atom is -0.493 e. The number of anilines is 1. The molecule has 1 N–H and O–H groups in total. The number of benzene rings is 1. The summed E-state index contributed by atoms with van der Waals surface area (Å²) in [5.74, 6) is 2.17. The Labute approximate surface area is 181 Å². The van der Waals surface area contributed by atoms with Gasteiger partial charge in [-0.05, 0) is 94.1 Å². The zero-order valence-corrected chi connectivity index (χ0v) is 18.6. The number of rotatable bonds is 7. The number of nitrogens with zero attached hydrogens (tertiary/aromatic N) is 2. The second-order valence-corrected chi connectivity index (χ2v) is 9.64. The Bertz CT molecular complexity index is 882. The number of nitrogens with one attached hydrogen (secondary N) is 1. The lowest BCUT2D eigenvalue weighted by atomic mass is 9.95. The van der Waals surface area contributed by atoms with Crippen LogP contribution < -0.4 is 10.1 Å². The number of pyridine rings is 1. The van der Waals surface area contributed by atoms with E-state index in [9.17, 15) is 0 Å². The summed E-state index contributed by atoms with van der Waals surface area (Å²) in [5.41, 5.74) is 5.36. The van der Waals surface area contributed by atoms with Gasteiger partial charge in [0.25, 0.3) is 0 Å². The van der Waals surface area contributed by atoms with Gasteiger partial charge in [-0.2, -0.15) is 0 Å². The number of ether oxygens (including phenoxy) is 1. The van der Waals surface area contributed by atoms with Gasteiger partial charge in [0, 0.05) is 24.0 Å². The Morgan fingerprint density at radius 3 is 2.63 bits per heavy atom. The molecule has 0 radical (unpaired) electrons. The van der Waals surface area contributed by atoms with E-state index < -0.39 is 0 Å². The maximum absolute atomic E-state index is 6.23. The van der Waals surface area contributed by atoms with Gasteiger partial charge in [-0.3, -0.25) is 0 Å². The predicted octanol–water partition coefficient (Wildman–Crippen LogP) is 5.64. The topological polar surface area (TPSA) is 37.4 Å². The Balaban J connectivity index is 1.34. The van der Waals surface area contributed by atoms with Crippen LogP contribution in [0.25, 0.3) is 10.9 Å². The molecule has 1 aromatic heterocycles. The minimum absolute atomic E-state index is 0.597. The molecule has 162 valence electrons. The highest BCUT2D eigenvalue weighted by molar-refractivity contribution is 5.88. The molecule has 4 nitrogen and oxygen atoms in total. The van der Waals surface area contributed by atoms with E-state index in [0.29, 0.717) is 6.04 Å². The van der Waals surface area contributed by atoms with Crippen LogP contribution in [0.1, 0.15) is 74.5 Å².